The van der Waals surface area contributed by atoms with Gasteiger partial charge in [0.25, 0.3) is 0 Å². The molecular weight excluding hydrogens is 638 g/mol. The van der Waals surface area contributed by atoms with Gasteiger partial charge in [-0.3, -0.25) is 9.69 Å². The Kier molecular flexibility index (Phi) is 12.1. The number of rotatable bonds is 14. The first kappa shape index (κ1) is 32.2. The number of ether oxygens (including phenoxy) is 4. The maximum Gasteiger partial charge on any atom is 0.410 e. The monoisotopic (exact) mass is 673 g/mol. The van der Waals surface area contributed by atoms with Crippen molar-refractivity contribution in [1.82, 2.24) is 15.5 Å². The van der Waals surface area contributed by atoms with Gasteiger partial charge in [-0.15, -0.1) is 11.3 Å². The first-order valence-corrected chi connectivity index (χ1v) is 15.7. The summed E-state index contributed by atoms with van der Waals surface area (Å²) in [6.07, 6.45) is 1.80. The Morgan fingerprint density at radius 1 is 1.05 bits per heavy atom. The maximum atomic E-state index is 13.3. The van der Waals surface area contributed by atoms with Gasteiger partial charge in [0.2, 0.25) is 6.79 Å². The molecule has 3 amide bonds. The Morgan fingerprint density at radius 3 is 2.56 bits per heavy atom. The van der Waals surface area contributed by atoms with Gasteiger partial charge in [-0.2, -0.15) is 0 Å². The van der Waals surface area contributed by atoms with E-state index >= 15 is 0 Å². The smallest absolute Gasteiger partial charge is 0.410 e. The van der Waals surface area contributed by atoms with Crippen molar-refractivity contribution < 1.29 is 33.3 Å². The lowest BCUT2D eigenvalue weighted by molar-refractivity contribution is -0.141. The molecule has 0 radical (unpaired) electrons. The molecule has 2 heterocycles. The molecule has 0 saturated carbocycles. The number of methoxy groups -OCH3 is 1. The van der Waals surface area contributed by atoms with Gasteiger partial charge < -0.3 is 29.6 Å². The van der Waals surface area contributed by atoms with Crippen LogP contribution in [0.1, 0.15) is 54.7 Å². The number of hydrogen-bond donors (Lipinski definition) is 2. The summed E-state index contributed by atoms with van der Waals surface area (Å²) in [4.78, 5) is 41.3. The minimum absolute atomic E-state index is 0.000770. The number of fused-ring (bicyclic) bond motifs is 1. The van der Waals surface area contributed by atoms with Crippen LogP contribution in [0, 0.1) is 0 Å². The Hall–Kier alpha value is -3.77. The minimum atomic E-state index is -0.677. The van der Waals surface area contributed by atoms with Gasteiger partial charge >= 0.3 is 18.1 Å². The van der Waals surface area contributed by atoms with Crippen LogP contribution in [0.5, 0.6) is 11.5 Å². The number of benzene rings is 2. The predicted molar refractivity (Wildman–Crippen MR) is 166 cm³/mol. The Bertz CT molecular complexity index is 1350. The SMILES string of the molecule is CCCCC(COC(=O)N(Cc1ccc(Br)cc1)Cc1cccs1)NC(=O)NC(CC(=O)OC)c1ccc2c(c1)OCO2. The van der Waals surface area contributed by atoms with Crippen molar-refractivity contribution in [3.8, 4) is 11.5 Å². The molecule has 10 nitrogen and oxygen atoms in total. The molecule has 2 N–H and O–H groups in total. The highest BCUT2D eigenvalue weighted by atomic mass is 79.9. The number of nitrogens with zero attached hydrogens (tertiary/aromatic N) is 1. The summed E-state index contributed by atoms with van der Waals surface area (Å²) in [5.74, 6) is 0.660. The van der Waals surface area contributed by atoms with E-state index < -0.39 is 30.2 Å². The molecule has 12 heteroatoms. The highest BCUT2D eigenvalue weighted by Crippen LogP contribution is 2.35. The third-order valence-electron chi connectivity index (χ3n) is 6.82. The second-order valence-corrected chi connectivity index (χ2v) is 12.0. The zero-order valence-electron chi connectivity index (χ0n) is 24.2. The van der Waals surface area contributed by atoms with Crippen molar-refractivity contribution >= 4 is 45.4 Å². The summed E-state index contributed by atoms with van der Waals surface area (Å²) in [5.41, 5.74) is 1.63. The first-order chi connectivity index (χ1) is 20.8. The molecule has 3 aromatic rings. The number of carbonyl (C=O) groups is 3. The maximum absolute atomic E-state index is 13.3. The van der Waals surface area contributed by atoms with E-state index in [4.69, 9.17) is 18.9 Å². The molecule has 2 unspecified atom stereocenters. The third-order valence-corrected chi connectivity index (χ3v) is 8.21. The van der Waals surface area contributed by atoms with Crippen molar-refractivity contribution in [2.45, 2.75) is 57.8 Å². The summed E-state index contributed by atoms with van der Waals surface area (Å²) in [7, 11) is 1.30. The molecule has 4 rings (SSSR count). The number of carbonyl (C=O) groups excluding carboxylic acids is 3. The lowest BCUT2D eigenvalue weighted by atomic mass is 10.0. The van der Waals surface area contributed by atoms with Gasteiger partial charge in [0.05, 0.1) is 32.2 Å². The molecule has 1 aliphatic rings. The Labute approximate surface area is 263 Å². The van der Waals surface area contributed by atoms with Crippen LogP contribution in [0.3, 0.4) is 0 Å². The molecule has 43 heavy (non-hydrogen) atoms. The number of unbranched alkanes of at least 4 members (excludes halogenated alkanes) is 1. The number of halogens is 1. The standard InChI is InChI=1S/C31H36BrN3O7S/c1-3-4-6-24(19-40-31(38)35(18-25-7-5-14-43-25)17-21-8-11-23(32)12-9-21)33-30(37)34-26(16-29(36)39-2)22-10-13-27-28(15-22)42-20-41-27/h5,7-15,24,26H,3-4,6,16-20H2,1-2H3,(H2,33,34,37). The summed E-state index contributed by atoms with van der Waals surface area (Å²) in [6.45, 7) is 2.95. The summed E-state index contributed by atoms with van der Waals surface area (Å²) >= 11 is 5.02. The van der Waals surface area contributed by atoms with Gasteiger partial charge in [-0.05, 0) is 53.3 Å². The van der Waals surface area contributed by atoms with Gasteiger partial charge in [-0.25, -0.2) is 9.59 Å². The van der Waals surface area contributed by atoms with Crippen LogP contribution in [0.15, 0.2) is 64.5 Å². The number of amides is 3. The largest absolute Gasteiger partial charge is 0.469 e. The van der Waals surface area contributed by atoms with Gasteiger partial charge in [0, 0.05) is 15.9 Å². The van der Waals surface area contributed by atoms with Crippen LogP contribution in [-0.4, -0.2) is 49.5 Å². The third kappa shape index (κ3) is 9.89. The summed E-state index contributed by atoms with van der Waals surface area (Å²) in [6, 6.07) is 15.4. The predicted octanol–water partition coefficient (Wildman–Crippen LogP) is 6.54. The average Bonchev–Trinajstić information content (AvgIpc) is 3.70. The molecule has 0 aliphatic carbocycles. The zero-order valence-corrected chi connectivity index (χ0v) is 26.6. The lowest BCUT2D eigenvalue weighted by Gasteiger charge is -2.25. The van der Waals surface area contributed by atoms with Crippen molar-refractivity contribution in [1.29, 1.82) is 0 Å². The van der Waals surface area contributed by atoms with Crippen LogP contribution in [0.2, 0.25) is 0 Å². The zero-order chi connectivity index (χ0) is 30.6. The van der Waals surface area contributed by atoms with Crippen molar-refractivity contribution in [2.75, 3.05) is 20.5 Å². The molecule has 0 saturated heterocycles. The summed E-state index contributed by atoms with van der Waals surface area (Å²) in [5, 5.41) is 7.78. The van der Waals surface area contributed by atoms with Crippen molar-refractivity contribution in [3.63, 3.8) is 0 Å². The van der Waals surface area contributed by atoms with Crippen molar-refractivity contribution in [3.05, 3.63) is 80.5 Å². The number of thiophene rings is 1. The van der Waals surface area contributed by atoms with E-state index in [2.05, 4.69) is 33.5 Å². The van der Waals surface area contributed by atoms with E-state index in [0.29, 0.717) is 36.6 Å². The second kappa shape index (κ2) is 16.2. The van der Waals surface area contributed by atoms with E-state index in [1.807, 2.05) is 41.8 Å². The molecule has 0 bridgehead atoms. The number of nitrogens with one attached hydrogen (secondary N) is 2. The fourth-order valence-electron chi connectivity index (χ4n) is 4.51. The van der Waals surface area contributed by atoms with Gasteiger partial charge in [-0.1, -0.05) is 60.0 Å². The topological polar surface area (TPSA) is 115 Å². The highest BCUT2D eigenvalue weighted by Gasteiger charge is 2.25. The van der Waals surface area contributed by atoms with Crippen LogP contribution in [0.25, 0.3) is 0 Å². The van der Waals surface area contributed by atoms with Crippen LogP contribution in [-0.2, 0) is 27.4 Å². The fourth-order valence-corrected chi connectivity index (χ4v) is 5.50. The molecule has 0 spiro atoms. The number of urea groups is 1. The minimum Gasteiger partial charge on any atom is -0.469 e. The van der Waals surface area contributed by atoms with Crippen LogP contribution >= 0.6 is 27.3 Å². The molecule has 1 aromatic heterocycles. The molecule has 2 atom stereocenters. The van der Waals surface area contributed by atoms with Crippen LogP contribution < -0.4 is 20.1 Å². The summed E-state index contributed by atoms with van der Waals surface area (Å²) < 4.78 is 22.4. The highest BCUT2D eigenvalue weighted by molar-refractivity contribution is 9.10. The molecule has 2 aromatic carbocycles. The number of hydrogen-bond acceptors (Lipinski definition) is 8. The number of esters is 1. The van der Waals surface area contributed by atoms with E-state index in [9.17, 15) is 14.4 Å². The second-order valence-electron chi connectivity index (χ2n) is 10.0. The quantitative estimate of drug-likeness (QED) is 0.187. The molecule has 1 aliphatic heterocycles. The van der Waals surface area contributed by atoms with E-state index in [0.717, 1.165) is 27.8 Å². The first-order valence-electron chi connectivity index (χ1n) is 14.1. The Balaban J connectivity index is 1.40. The molecule has 230 valence electrons. The Morgan fingerprint density at radius 2 is 1.84 bits per heavy atom. The van der Waals surface area contributed by atoms with E-state index in [1.165, 1.54) is 7.11 Å². The normalized spacial score (nSPS) is 13.1. The average molecular weight is 675 g/mol. The van der Waals surface area contributed by atoms with Gasteiger partial charge in [0.15, 0.2) is 11.5 Å². The molecule has 0 fully saturated rings. The van der Waals surface area contributed by atoms with E-state index in [1.54, 1.807) is 34.4 Å². The lowest BCUT2D eigenvalue weighted by Crippen LogP contribution is -2.46. The van der Waals surface area contributed by atoms with Crippen molar-refractivity contribution in [2.24, 2.45) is 0 Å². The van der Waals surface area contributed by atoms with Gasteiger partial charge in [0.1, 0.15) is 6.61 Å². The fraction of sp³-hybridized carbons (Fsp3) is 0.387. The van der Waals surface area contributed by atoms with E-state index in [-0.39, 0.29) is 19.8 Å². The molecular formula is C31H36BrN3O7S. The van der Waals surface area contributed by atoms with Crippen LogP contribution in [0.4, 0.5) is 9.59 Å².